The number of rotatable bonds is 6. The van der Waals surface area contributed by atoms with Crippen LogP contribution in [0.15, 0.2) is 28.7 Å². The lowest BCUT2D eigenvalue weighted by atomic mass is 10.2. The summed E-state index contributed by atoms with van der Waals surface area (Å²) in [6.45, 7) is 3.54. The third kappa shape index (κ3) is 5.52. The molecule has 2 aromatic heterocycles. The number of pyridine rings is 1. The number of nitrogens with one attached hydrogen (secondary N) is 2. The van der Waals surface area contributed by atoms with Crippen molar-refractivity contribution in [3.8, 4) is 0 Å². The summed E-state index contributed by atoms with van der Waals surface area (Å²) in [5.41, 5.74) is 2.29. The molecule has 0 radical (unpaired) electrons. The van der Waals surface area contributed by atoms with Crippen LogP contribution in [0.3, 0.4) is 0 Å². The van der Waals surface area contributed by atoms with Gasteiger partial charge in [-0.25, -0.2) is 9.97 Å². The van der Waals surface area contributed by atoms with Crippen LogP contribution >= 0.6 is 11.3 Å². The molecule has 0 saturated heterocycles. The molecule has 0 atom stereocenters. The molecule has 2 aromatic rings. The first-order valence-electron chi connectivity index (χ1n) is 7.56. The number of hydrogen-bond donors (Lipinski definition) is 2. The molecule has 0 spiro atoms. The number of anilines is 1. The molecule has 0 aliphatic rings. The molecule has 6 nitrogen and oxygen atoms in total. The van der Waals surface area contributed by atoms with E-state index >= 15 is 0 Å². The van der Waals surface area contributed by atoms with Gasteiger partial charge in [0.25, 0.3) is 0 Å². The van der Waals surface area contributed by atoms with Crippen LogP contribution in [0, 0.1) is 6.92 Å². The Kier molecular flexibility index (Phi) is 6.34. The Balaban J connectivity index is 1.79. The van der Waals surface area contributed by atoms with Gasteiger partial charge in [-0.15, -0.1) is 11.3 Å². The lowest BCUT2D eigenvalue weighted by Gasteiger charge is -2.14. The number of aromatic nitrogens is 2. The smallest absolute Gasteiger partial charge is 0.191 e. The Labute approximate surface area is 141 Å². The second-order valence-corrected chi connectivity index (χ2v) is 6.44. The molecular weight excluding hydrogens is 308 g/mol. The van der Waals surface area contributed by atoms with Gasteiger partial charge in [-0.05, 0) is 24.6 Å². The summed E-state index contributed by atoms with van der Waals surface area (Å²) in [5, 5.41) is 9.84. The van der Waals surface area contributed by atoms with E-state index in [4.69, 9.17) is 0 Å². The van der Waals surface area contributed by atoms with Crippen LogP contribution in [0.5, 0.6) is 0 Å². The minimum atomic E-state index is 0.707. The SMILES string of the molecule is CN=C(NCCc1csc(C)n1)NCc1ccnc(N(C)C)c1. The molecule has 2 rings (SSSR count). The molecule has 23 heavy (non-hydrogen) atoms. The van der Waals surface area contributed by atoms with Gasteiger partial charge in [0.1, 0.15) is 5.82 Å². The van der Waals surface area contributed by atoms with E-state index in [-0.39, 0.29) is 0 Å². The first-order chi connectivity index (χ1) is 11.1. The highest BCUT2D eigenvalue weighted by Gasteiger charge is 2.02. The van der Waals surface area contributed by atoms with Gasteiger partial charge >= 0.3 is 0 Å². The fraction of sp³-hybridized carbons (Fsp3) is 0.438. The highest BCUT2D eigenvalue weighted by molar-refractivity contribution is 7.09. The van der Waals surface area contributed by atoms with Crippen LogP contribution in [-0.4, -0.2) is 43.6 Å². The number of thiazole rings is 1. The van der Waals surface area contributed by atoms with Crippen molar-refractivity contribution in [2.24, 2.45) is 4.99 Å². The van der Waals surface area contributed by atoms with E-state index in [9.17, 15) is 0 Å². The van der Waals surface area contributed by atoms with E-state index in [0.29, 0.717) is 6.54 Å². The molecule has 0 aliphatic heterocycles. The molecule has 2 N–H and O–H groups in total. The van der Waals surface area contributed by atoms with Crippen LogP contribution in [0.25, 0.3) is 0 Å². The van der Waals surface area contributed by atoms with Gasteiger partial charge in [0.2, 0.25) is 0 Å². The Morgan fingerprint density at radius 2 is 2.17 bits per heavy atom. The molecule has 124 valence electrons. The second-order valence-electron chi connectivity index (χ2n) is 5.38. The van der Waals surface area contributed by atoms with Crippen molar-refractivity contribution in [3.05, 3.63) is 40.0 Å². The lowest BCUT2D eigenvalue weighted by Crippen LogP contribution is -2.37. The maximum atomic E-state index is 4.46. The summed E-state index contributed by atoms with van der Waals surface area (Å²) in [6.07, 6.45) is 2.72. The van der Waals surface area contributed by atoms with Crippen molar-refractivity contribution in [2.75, 3.05) is 32.6 Å². The van der Waals surface area contributed by atoms with Crippen molar-refractivity contribution in [1.82, 2.24) is 20.6 Å². The molecule has 0 amide bonds. The number of nitrogens with zero attached hydrogens (tertiary/aromatic N) is 4. The summed E-state index contributed by atoms with van der Waals surface area (Å²) >= 11 is 1.69. The maximum absolute atomic E-state index is 4.46. The molecule has 0 aromatic carbocycles. The summed E-state index contributed by atoms with van der Waals surface area (Å²) in [4.78, 5) is 15.0. The lowest BCUT2D eigenvalue weighted by molar-refractivity contribution is 0.785. The fourth-order valence-electron chi connectivity index (χ4n) is 2.05. The van der Waals surface area contributed by atoms with Crippen molar-refractivity contribution >= 4 is 23.1 Å². The number of guanidine groups is 1. The zero-order valence-corrected chi connectivity index (χ0v) is 14.9. The number of aliphatic imine (C=N–C) groups is 1. The Bertz CT molecular complexity index is 650. The van der Waals surface area contributed by atoms with Gasteiger partial charge in [-0.3, -0.25) is 4.99 Å². The monoisotopic (exact) mass is 332 g/mol. The topological polar surface area (TPSA) is 65.4 Å². The van der Waals surface area contributed by atoms with Crippen molar-refractivity contribution in [3.63, 3.8) is 0 Å². The van der Waals surface area contributed by atoms with E-state index in [0.717, 1.165) is 35.4 Å². The van der Waals surface area contributed by atoms with Gasteiger partial charge in [0, 0.05) is 52.2 Å². The molecule has 0 saturated carbocycles. The van der Waals surface area contributed by atoms with Gasteiger partial charge in [-0.1, -0.05) is 0 Å². The average Bonchev–Trinajstić information content (AvgIpc) is 2.96. The minimum Gasteiger partial charge on any atom is -0.363 e. The summed E-state index contributed by atoms with van der Waals surface area (Å²) in [6, 6.07) is 4.07. The predicted molar refractivity (Wildman–Crippen MR) is 97.3 cm³/mol. The van der Waals surface area contributed by atoms with Gasteiger partial charge in [-0.2, -0.15) is 0 Å². The van der Waals surface area contributed by atoms with Crippen LogP contribution < -0.4 is 15.5 Å². The molecule has 7 heteroatoms. The zero-order chi connectivity index (χ0) is 16.7. The van der Waals surface area contributed by atoms with Crippen molar-refractivity contribution in [1.29, 1.82) is 0 Å². The average molecular weight is 332 g/mol. The van der Waals surface area contributed by atoms with Crippen LogP contribution in [0.2, 0.25) is 0 Å². The Morgan fingerprint density at radius 3 is 2.83 bits per heavy atom. The normalized spacial score (nSPS) is 11.4. The number of aryl methyl sites for hydroxylation is 1. The van der Waals surface area contributed by atoms with Crippen molar-refractivity contribution < 1.29 is 0 Å². The Hall–Kier alpha value is -2.15. The Morgan fingerprint density at radius 1 is 1.35 bits per heavy atom. The van der Waals surface area contributed by atoms with Crippen LogP contribution in [0.1, 0.15) is 16.3 Å². The standard InChI is InChI=1S/C16H24N6S/c1-12-21-14(11-23-12)6-8-19-16(17-2)20-10-13-5-7-18-15(9-13)22(3)4/h5,7,9,11H,6,8,10H2,1-4H3,(H2,17,19,20). The highest BCUT2D eigenvalue weighted by atomic mass is 32.1. The summed E-state index contributed by atoms with van der Waals surface area (Å²) < 4.78 is 0. The fourth-order valence-corrected chi connectivity index (χ4v) is 2.70. The van der Waals surface area contributed by atoms with E-state index in [1.54, 1.807) is 18.4 Å². The molecule has 0 unspecified atom stereocenters. The van der Waals surface area contributed by atoms with E-state index < -0.39 is 0 Å². The summed E-state index contributed by atoms with van der Waals surface area (Å²) in [5.74, 6) is 1.74. The molecule has 0 aliphatic carbocycles. The maximum Gasteiger partial charge on any atom is 0.191 e. The molecule has 0 bridgehead atoms. The van der Waals surface area contributed by atoms with Gasteiger partial charge < -0.3 is 15.5 Å². The van der Waals surface area contributed by atoms with Crippen molar-refractivity contribution in [2.45, 2.75) is 19.9 Å². The van der Waals surface area contributed by atoms with E-state index in [1.807, 2.05) is 38.2 Å². The third-order valence-corrected chi connectivity index (χ3v) is 4.11. The quantitative estimate of drug-likeness (QED) is 0.624. The highest BCUT2D eigenvalue weighted by Crippen LogP contribution is 2.09. The molecule has 2 heterocycles. The largest absolute Gasteiger partial charge is 0.363 e. The molecular formula is C16H24N6S. The molecule has 0 fully saturated rings. The van der Waals surface area contributed by atoms with Gasteiger partial charge in [0.05, 0.1) is 10.7 Å². The van der Waals surface area contributed by atoms with Crippen LogP contribution in [0.4, 0.5) is 5.82 Å². The first kappa shape index (κ1) is 17.2. The third-order valence-electron chi connectivity index (χ3n) is 3.29. The van der Waals surface area contributed by atoms with Crippen LogP contribution in [-0.2, 0) is 13.0 Å². The zero-order valence-electron chi connectivity index (χ0n) is 14.1. The van der Waals surface area contributed by atoms with Gasteiger partial charge in [0.15, 0.2) is 5.96 Å². The van der Waals surface area contributed by atoms with E-state index in [2.05, 4.69) is 37.0 Å². The predicted octanol–water partition coefficient (Wildman–Crippen LogP) is 1.82. The summed E-state index contributed by atoms with van der Waals surface area (Å²) in [7, 11) is 5.75. The first-order valence-corrected chi connectivity index (χ1v) is 8.44. The minimum absolute atomic E-state index is 0.707. The number of hydrogen-bond acceptors (Lipinski definition) is 5. The van der Waals surface area contributed by atoms with E-state index in [1.165, 1.54) is 5.56 Å². The second kappa shape index (κ2) is 8.47.